The number of halogens is 1. The number of benzene rings is 1. The van der Waals surface area contributed by atoms with E-state index in [1.165, 1.54) is 11.3 Å². The van der Waals surface area contributed by atoms with Gasteiger partial charge in [-0.3, -0.25) is 0 Å². The van der Waals surface area contributed by atoms with Crippen molar-refractivity contribution in [1.82, 2.24) is 9.97 Å². The van der Waals surface area contributed by atoms with Crippen molar-refractivity contribution in [2.45, 2.75) is 13.8 Å². The molecule has 108 valence electrons. The highest BCUT2D eigenvalue weighted by molar-refractivity contribution is 7.16. The van der Waals surface area contributed by atoms with Crippen LogP contribution in [0.15, 0.2) is 29.6 Å². The zero-order chi connectivity index (χ0) is 14.8. The van der Waals surface area contributed by atoms with Gasteiger partial charge in [0.1, 0.15) is 4.83 Å². The molecule has 3 rings (SSSR count). The maximum absolute atomic E-state index is 14.1. The number of aryl methyl sites for hydroxylation is 1. The Morgan fingerprint density at radius 1 is 1.29 bits per heavy atom. The number of aromatic nitrogens is 2. The molecular formula is C15H14FN3OS. The molecule has 3 aromatic rings. The molecule has 0 unspecified atom stereocenters. The number of nitrogens with zero attached hydrogens (tertiary/aromatic N) is 2. The lowest BCUT2D eigenvalue weighted by atomic mass is 10.2. The molecule has 0 saturated heterocycles. The van der Waals surface area contributed by atoms with Crippen molar-refractivity contribution in [2.24, 2.45) is 0 Å². The molecule has 4 nitrogen and oxygen atoms in total. The number of ether oxygens (including phenoxy) is 1. The predicted octanol–water partition coefficient (Wildman–Crippen LogP) is 4.36. The van der Waals surface area contributed by atoms with Crippen molar-refractivity contribution in [3.05, 3.63) is 41.0 Å². The van der Waals surface area contributed by atoms with Crippen LogP contribution in [-0.2, 0) is 0 Å². The number of nitrogens with one attached hydrogen (secondary N) is 1. The molecule has 0 saturated carbocycles. The van der Waals surface area contributed by atoms with Gasteiger partial charge in [-0.05, 0) is 36.9 Å². The zero-order valence-corrected chi connectivity index (χ0v) is 12.5. The van der Waals surface area contributed by atoms with Crippen molar-refractivity contribution in [3.63, 3.8) is 0 Å². The lowest BCUT2D eigenvalue weighted by Gasteiger charge is -2.10. The van der Waals surface area contributed by atoms with Gasteiger partial charge >= 0.3 is 0 Å². The summed E-state index contributed by atoms with van der Waals surface area (Å²) in [6.45, 7) is 4.37. The first-order valence-electron chi connectivity index (χ1n) is 6.61. The van der Waals surface area contributed by atoms with Gasteiger partial charge in [0.2, 0.25) is 11.8 Å². The summed E-state index contributed by atoms with van der Waals surface area (Å²) in [4.78, 5) is 9.52. The molecule has 2 aromatic heterocycles. The third-order valence-corrected chi connectivity index (χ3v) is 3.79. The van der Waals surface area contributed by atoms with Crippen LogP contribution in [0.4, 0.5) is 10.3 Å². The molecular weight excluding hydrogens is 289 g/mol. The summed E-state index contributed by atoms with van der Waals surface area (Å²) < 4.78 is 19.8. The van der Waals surface area contributed by atoms with Gasteiger partial charge in [0.05, 0.1) is 5.39 Å². The van der Waals surface area contributed by atoms with Crippen LogP contribution in [0, 0.1) is 12.7 Å². The average molecular weight is 303 g/mol. The minimum atomic E-state index is -0.371. The second-order valence-corrected chi connectivity index (χ2v) is 5.41. The number of hydrogen-bond acceptors (Lipinski definition) is 5. The maximum Gasteiger partial charge on any atom is 0.233 e. The van der Waals surface area contributed by atoms with E-state index in [0.717, 1.165) is 10.2 Å². The zero-order valence-electron chi connectivity index (χ0n) is 11.7. The van der Waals surface area contributed by atoms with Crippen molar-refractivity contribution >= 4 is 27.5 Å². The Bertz CT molecular complexity index is 788. The van der Waals surface area contributed by atoms with Gasteiger partial charge in [-0.2, -0.15) is 4.98 Å². The minimum absolute atomic E-state index is 0.170. The molecule has 0 aliphatic carbocycles. The molecule has 0 amide bonds. The molecule has 0 fully saturated rings. The van der Waals surface area contributed by atoms with Crippen molar-refractivity contribution in [1.29, 1.82) is 0 Å². The van der Waals surface area contributed by atoms with E-state index in [1.54, 1.807) is 25.1 Å². The van der Waals surface area contributed by atoms with Gasteiger partial charge in [-0.15, -0.1) is 11.3 Å². The third-order valence-electron chi connectivity index (χ3n) is 2.99. The third kappa shape index (κ3) is 2.67. The molecule has 0 atom stereocenters. The van der Waals surface area contributed by atoms with Crippen LogP contribution < -0.4 is 10.1 Å². The molecule has 0 radical (unpaired) electrons. The van der Waals surface area contributed by atoms with Crippen LogP contribution >= 0.6 is 11.3 Å². The summed E-state index contributed by atoms with van der Waals surface area (Å²) in [6.07, 6.45) is 0. The van der Waals surface area contributed by atoms with E-state index in [9.17, 15) is 4.39 Å². The van der Waals surface area contributed by atoms with E-state index in [-0.39, 0.29) is 11.6 Å². The number of hydrogen-bond donors (Lipinski definition) is 1. The Morgan fingerprint density at radius 3 is 2.95 bits per heavy atom. The number of thiophene rings is 1. The second-order valence-electron chi connectivity index (χ2n) is 4.51. The Kier molecular flexibility index (Phi) is 3.70. The second kappa shape index (κ2) is 5.65. The van der Waals surface area contributed by atoms with Crippen molar-refractivity contribution < 1.29 is 9.13 Å². The van der Waals surface area contributed by atoms with Gasteiger partial charge in [-0.25, -0.2) is 9.37 Å². The Hall–Kier alpha value is -2.21. The van der Waals surface area contributed by atoms with Crippen LogP contribution in [0.25, 0.3) is 10.2 Å². The maximum atomic E-state index is 14.1. The molecule has 6 heteroatoms. The molecule has 0 aliphatic rings. The fourth-order valence-electron chi connectivity index (χ4n) is 1.95. The topological polar surface area (TPSA) is 47.0 Å². The van der Waals surface area contributed by atoms with Gasteiger partial charge < -0.3 is 10.1 Å². The average Bonchev–Trinajstić information content (AvgIpc) is 2.93. The van der Waals surface area contributed by atoms with E-state index >= 15 is 0 Å². The Morgan fingerprint density at radius 2 is 2.14 bits per heavy atom. The van der Waals surface area contributed by atoms with Crippen molar-refractivity contribution in [3.8, 4) is 11.6 Å². The van der Waals surface area contributed by atoms with Gasteiger partial charge in [0.25, 0.3) is 0 Å². The van der Waals surface area contributed by atoms with E-state index in [4.69, 9.17) is 4.74 Å². The van der Waals surface area contributed by atoms with Crippen LogP contribution in [0.5, 0.6) is 11.6 Å². The van der Waals surface area contributed by atoms with Crippen LogP contribution in [0.1, 0.15) is 12.5 Å². The van der Waals surface area contributed by atoms with E-state index < -0.39 is 0 Å². The van der Waals surface area contributed by atoms with Crippen LogP contribution in [-0.4, -0.2) is 16.5 Å². The smallest absolute Gasteiger partial charge is 0.233 e. The molecule has 0 aliphatic heterocycles. The van der Waals surface area contributed by atoms with Crippen LogP contribution in [0.2, 0.25) is 0 Å². The quantitative estimate of drug-likeness (QED) is 0.778. The summed E-state index contributed by atoms with van der Waals surface area (Å²) in [5, 5.41) is 5.74. The minimum Gasteiger partial charge on any atom is -0.435 e. The monoisotopic (exact) mass is 303 g/mol. The Labute approximate surface area is 125 Å². The van der Waals surface area contributed by atoms with E-state index in [0.29, 0.717) is 23.9 Å². The highest BCUT2D eigenvalue weighted by Crippen LogP contribution is 2.32. The Balaban J connectivity index is 2.06. The van der Waals surface area contributed by atoms with Crippen LogP contribution in [0.3, 0.4) is 0 Å². The first-order valence-corrected chi connectivity index (χ1v) is 7.49. The molecule has 1 N–H and O–H groups in total. The summed E-state index contributed by atoms with van der Waals surface area (Å²) >= 11 is 1.49. The fourth-order valence-corrected chi connectivity index (χ4v) is 2.70. The van der Waals surface area contributed by atoms with Gasteiger partial charge in [-0.1, -0.05) is 12.1 Å². The van der Waals surface area contributed by atoms with Gasteiger partial charge in [0, 0.05) is 6.54 Å². The molecule has 2 heterocycles. The number of rotatable bonds is 4. The van der Waals surface area contributed by atoms with E-state index in [2.05, 4.69) is 15.3 Å². The molecule has 0 bridgehead atoms. The lowest BCUT2D eigenvalue weighted by Crippen LogP contribution is -2.03. The number of anilines is 1. The van der Waals surface area contributed by atoms with Crippen molar-refractivity contribution in [2.75, 3.05) is 11.9 Å². The summed E-state index contributed by atoms with van der Waals surface area (Å²) in [6, 6.07) is 6.92. The summed E-state index contributed by atoms with van der Waals surface area (Å²) in [5.74, 6) is 0.644. The summed E-state index contributed by atoms with van der Waals surface area (Å²) in [5.41, 5.74) is 0.537. The number of fused-ring (bicyclic) bond motifs is 1. The standard InChI is InChI=1S/C15H14FN3OS/c1-3-17-15-18-13(10-7-8-21-14(10)19-15)20-11-6-4-5-9(2)12(11)16/h4-8H,3H2,1-2H3,(H,17,18,19). The fraction of sp³-hybridized carbons (Fsp3) is 0.200. The lowest BCUT2D eigenvalue weighted by molar-refractivity contribution is 0.430. The van der Waals surface area contributed by atoms with Gasteiger partial charge in [0.15, 0.2) is 11.6 Å². The highest BCUT2D eigenvalue weighted by atomic mass is 32.1. The largest absolute Gasteiger partial charge is 0.435 e. The highest BCUT2D eigenvalue weighted by Gasteiger charge is 2.13. The predicted molar refractivity (Wildman–Crippen MR) is 82.8 cm³/mol. The molecule has 1 aromatic carbocycles. The molecule has 0 spiro atoms. The normalized spacial score (nSPS) is 10.8. The first kappa shape index (κ1) is 13.8. The molecule has 21 heavy (non-hydrogen) atoms. The SMILES string of the molecule is CCNc1nc(Oc2cccc(C)c2F)c2ccsc2n1. The summed E-state index contributed by atoms with van der Waals surface area (Å²) in [7, 11) is 0. The van der Waals surface area contributed by atoms with E-state index in [1.807, 2.05) is 18.4 Å². The first-order chi connectivity index (χ1) is 10.2.